The molecule has 1 fully saturated rings. The predicted octanol–water partition coefficient (Wildman–Crippen LogP) is 4.60. The molecule has 0 spiro atoms. The minimum atomic E-state index is -0.225. The number of amides is 2. The summed E-state index contributed by atoms with van der Waals surface area (Å²) in [7, 11) is 0. The van der Waals surface area contributed by atoms with Crippen LogP contribution in [-0.4, -0.2) is 35.9 Å². The first kappa shape index (κ1) is 19.5. The monoisotopic (exact) mass is 392 g/mol. The molecular formula is C24H28N2O3. The van der Waals surface area contributed by atoms with Crippen LogP contribution in [0.2, 0.25) is 0 Å². The number of anilines is 1. The lowest BCUT2D eigenvalue weighted by Gasteiger charge is -2.37. The Kier molecular flexibility index (Phi) is 5.84. The van der Waals surface area contributed by atoms with E-state index in [1.165, 1.54) is 0 Å². The molecule has 2 heterocycles. The predicted molar refractivity (Wildman–Crippen MR) is 113 cm³/mol. The molecule has 2 aromatic carbocycles. The van der Waals surface area contributed by atoms with Crippen molar-refractivity contribution in [2.75, 3.05) is 18.5 Å². The van der Waals surface area contributed by atoms with Gasteiger partial charge in [-0.2, -0.15) is 0 Å². The molecule has 0 radical (unpaired) electrons. The van der Waals surface area contributed by atoms with Gasteiger partial charge in [0, 0.05) is 24.7 Å². The zero-order valence-electron chi connectivity index (χ0n) is 16.9. The van der Waals surface area contributed by atoms with E-state index in [0.29, 0.717) is 30.0 Å². The molecule has 0 aromatic heterocycles. The van der Waals surface area contributed by atoms with Gasteiger partial charge in [-0.25, -0.2) is 0 Å². The number of nitrogens with one attached hydrogen (secondary N) is 1. The van der Waals surface area contributed by atoms with Crippen molar-refractivity contribution >= 4 is 17.5 Å². The number of ether oxygens (including phenoxy) is 1. The molecule has 0 aliphatic carbocycles. The van der Waals surface area contributed by atoms with Crippen molar-refractivity contribution in [3.8, 4) is 5.75 Å². The summed E-state index contributed by atoms with van der Waals surface area (Å²) in [6.07, 6.45) is 4.83. The molecule has 152 valence electrons. The number of piperidine rings is 1. The molecule has 2 aliphatic heterocycles. The summed E-state index contributed by atoms with van der Waals surface area (Å²) in [6, 6.07) is 15.4. The number of nitrogens with zero attached hydrogens (tertiary/aromatic N) is 1. The average Bonchev–Trinajstić information content (AvgIpc) is 2.75. The quantitative estimate of drug-likeness (QED) is 0.827. The highest BCUT2D eigenvalue weighted by atomic mass is 16.5. The number of hydrogen-bond acceptors (Lipinski definition) is 3. The smallest absolute Gasteiger partial charge is 0.257 e. The zero-order chi connectivity index (χ0) is 20.2. The van der Waals surface area contributed by atoms with Crippen molar-refractivity contribution in [3.05, 3.63) is 59.7 Å². The number of fused-ring (bicyclic) bond motifs is 2. The molecule has 2 aliphatic rings. The third-order valence-corrected chi connectivity index (χ3v) is 6.00. The molecule has 0 saturated carbocycles. The Morgan fingerprint density at radius 2 is 2.00 bits per heavy atom. The molecule has 5 heteroatoms. The topological polar surface area (TPSA) is 58.6 Å². The molecule has 5 nitrogen and oxygen atoms in total. The van der Waals surface area contributed by atoms with E-state index < -0.39 is 0 Å². The third kappa shape index (κ3) is 4.14. The standard InChI is InChI=1S/C24H28N2O3/c1-2-20(17-8-4-3-5-9-17)23(27)25-18-11-12-22-21(16-18)24(28)26-14-7-6-10-19(26)13-15-29-22/h3-5,8-9,11-12,16,19-20H,2,6-7,10,13-15H2,1H3,(H,25,27)/t19-,20+/m0/s1. The molecule has 4 rings (SSSR count). The number of carbonyl (C=O) groups is 2. The van der Waals surface area contributed by atoms with E-state index in [-0.39, 0.29) is 23.8 Å². The van der Waals surface area contributed by atoms with Crippen molar-refractivity contribution < 1.29 is 14.3 Å². The number of benzene rings is 2. The molecule has 2 amide bonds. The zero-order valence-corrected chi connectivity index (χ0v) is 16.9. The van der Waals surface area contributed by atoms with Crippen molar-refractivity contribution in [2.24, 2.45) is 0 Å². The third-order valence-electron chi connectivity index (χ3n) is 6.00. The van der Waals surface area contributed by atoms with E-state index in [1.54, 1.807) is 12.1 Å². The first-order chi connectivity index (χ1) is 14.2. The second kappa shape index (κ2) is 8.68. The van der Waals surface area contributed by atoms with Crippen molar-refractivity contribution in [2.45, 2.75) is 51.0 Å². The normalized spacial score (nSPS) is 19.8. The van der Waals surface area contributed by atoms with E-state index in [9.17, 15) is 9.59 Å². The fourth-order valence-electron chi connectivity index (χ4n) is 4.42. The summed E-state index contributed by atoms with van der Waals surface area (Å²) in [4.78, 5) is 28.1. The average molecular weight is 392 g/mol. The maximum Gasteiger partial charge on any atom is 0.257 e. The summed E-state index contributed by atoms with van der Waals surface area (Å²) in [5.41, 5.74) is 2.17. The van der Waals surface area contributed by atoms with E-state index in [0.717, 1.165) is 37.8 Å². The van der Waals surface area contributed by atoms with Gasteiger partial charge in [0.15, 0.2) is 0 Å². The van der Waals surface area contributed by atoms with Gasteiger partial charge in [-0.1, -0.05) is 37.3 Å². The highest BCUT2D eigenvalue weighted by Gasteiger charge is 2.31. The minimum Gasteiger partial charge on any atom is -0.493 e. The molecule has 0 unspecified atom stereocenters. The van der Waals surface area contributed by atoms with Crippen LogP contribution in [0.4, 0.5) is 5.69 Å². The van der Waals surface area contributed by atoms with Gasteiger partial charge in [-0.3, -0.25) is 9.59 Å². The fraction of sp³-hybridized carbons (Fsp3) is 0.417. The van der Waals surface area contributed by atoms with Crippen molar-refractivity contribution in [1.29, 1.82) is 0 Å². The van der Waals surface area contributed by atoms with Crippen LogP contribution in [0.3, 0.4) is 0 Å². The minimum absolute atomic E-state index is 0.00981. The summed E-state index contributed by atoms with van der Waals surface area (Å²) in [5, 5.41) is 3.00. The maximum absolute atomic E-state index is 13.2. The van der Waals surface area contributed by atoms with Crippen molar-refractivity contribution in [3.63, 3.8) is 0 Å². The molecule has 29 heavy (non-hydrogen) atoms. The number of hydrogen-bond donors (Lipinski definition) is 1. The Balaban J connectivity index is 1.57. The van der Waals surface area contributed by atoms with E-state index in [4.69, 9.17) is 4.74 Å². The Bertz CT molecular complexity index is 881. The lowest BCUT2D eigenvalue weighted by atomic mass is 9.95. The molecule has 2 aromatic rings. The van der Waals surface area contributed by atoms with Crippen LogP contribution in [0.25, 0.3) is 0 Å². The summed E-state index contributed by atoms with van der Waals surface area (Å²) in [6.45, 7) is 3.41. The highest BCUT2D eigenvalue weighted by molar-refractivity contribution is 6.01. The summed E-state index contributed by atoms with van der Waals surface area (Å²) >= 11 is 0. The molecule has 1 N–H and O–H groups in total. The molecule has 0 bridgehead atoms. The van der Waals surface area contributed by atoms with E-state index >= 15 is 0 Å². The maximum atomic E-state index is 13.2. The number of carbonyl (C=O) groups excluding carboxylic acids is 2. The fourth-order valence-corrected chi connectivity index (χ4v) is 4.42. The lowest BCUT2D eigenvalue weighted by molar-refractivity contribution is -0.117. The van der Waals surface area contributed by atoms with Crippen LogP contribution in [0.5, 0.6) is 5.75 Å². The van der Waals surface area contributed by atoms with Gasteiger partial charge in [-0.15, -0.1) is 0 Å². The summed E-state index contributed by atoms with van der Waals surface area (Å²) in [5.74, 6) is 0.327. The van der Waals surface area contributed by atoms with Gasteiger partial charge in [0.2, 0.25) is 5.91 Å². The van der Waals surface area contributed by atoms with Crippen LogP contribution >= 0.6 is 0 Å². The van der Waals surface area contributed by atoms with Gasteiger partial charge in [0.25, 0.3) is 5.91 Å². The first-order valence-corrected chi connectivity index (χ1v) is 10.6. The Morgan fingerprint density at radius 3 is 2.79 bits per heavy atom. The van der Waals surface area contributed by atoms with Crippen LogP contribution in [0.1, 0.15) is 60.9 Å². The van der Waals surface area contributed by atoms with Crippen LogP contribution in [0, 0.1) is 0 Å². The second-order valence-electron chi connectivity index (χ2n) is 7.86. The SMILES string of the molecule is CC[C@@H](C(=O)Nc1ccc2c(c1)C(=O)N1CCCC[C@H]1CCO2)c1ccccc1. The largest absolute Gasteiger partial charge is 0.493 e. The van der Waals surface area contributed by atoms with E-state index in [1.807, 2.05) is 48.2 Å². The lowest BCUT2D eigenvalue weighted by Crippen LogP contribution is -2.45. The molecule has 1 saturated heterocycles. The van der Waals surface area contributed by atoms with Gasteiger partial charge in [0.1, 0.15) is 5.75 Å². The van der Waals surface area contributed by atoms with Gasteiger partial charge >= 0.3 is 0 Å². The van der Waals surface area contributed by atoms with Gasteiger partial charge in [0.05, 0.1) is 18.1 Å². The Morgan fingerprint density at radius 1 is 1.17 bits per heavy atom. The molecular weight excluding hydrogens is 364 g/mol. The van der Waals surface area contributed by atoms with Crippen LogP contribution in [-0.2, 0) is 4.79 Å². The number of rotatable bonds is 4. The molecule has 2 atom stereocenters. The van der Waals surface area contributed by atoms with Gasteiger partial charge in [-0.05, 0) is 49.4 Å². The van der Waals surface area contributed by atoms with Crippen LogP contribution < -0.4 is 10.1 Å². The Hall–Kier alpha value is -2.82. The second-order valence-corrected chi connectivity index (χ2v) is 7.86. The Labute approximate surface area is 172 Å². The van der Waals surface area contributed by atoms with E-state index in [2.05, 4.69) is 5.32 Å². The summed E-state index contributed by atoms with van der Waals surface area (Å²) < 4.78 is 5.89. The first-order valence-electron chi connectivity index (χ1n) is 10.6. The highest BCUT2D eigenvalue weighted by Crippen LogP contribution is 2.31. The van der Waals surface area contributed by atoms with Gasteiger partial charge < -0.3 is 15.0 Å². The van der Waals surface area contributed by atoms with Crippen molar-refractivity contribution in [1.82, 2.24) is 4.90 Å². The van der Waals surface area contributed by atoms with Crippen LogP contribution in [0.15, 0.2) is 48.5 Å².